The molecule has 0 aliphatic carbocycles. The van der Waals surface area contributed by atoms with Crippen molar-refractivity contribution in [3.8, 4) is 5.75 Å². The van der Waals surface area contributed by atoms with Gasteiger partial charge in [-0.25, -0.2) is 4.79 Å². The van der Waals surface area contributed by atoms with Gasteiger partial charge in [0.25, 0.3) is 0 Å². The van der Waals surface area contributed by atoms with Gasteiger partial charge in [-0.2, -0.15) is 3.89 Å². The average Bonchev–Trinajstić information content (AvgIpc) is 2.45. The van der Waals surface area contributed by atoms with Crippen LogP contribution in [0.2, 0.25) is 0 Å². The summed E-state index contributed by atoms with van der Waals surface area (Å²) in [5, 5.41) is 2.50. The Morgan fingerprint density at radius 2 is 2.10 bits per heavy atom. The first-order valence-corrected chi connectivity index (χ1v) is 6.54. The van der Waals surface area contributed by atoms with Crippen LogP contribution in [0.1, 0.15) is 12.5 Å². The molecule has 1 N–H and O–H groups in total. The topological polar surface area (TPSA) is 64.6 Å². The number of carbonyl (C=O) groups excluding carboxylic acids is 2. The zero-order valence-corrected chi connectivity index (χ0v) is 12.3. The Morgan fingerprint density at radius 3 is 2.60 bits per heavy atom. The highest BCUT2D eigenvalue weighted by Crippen LogP contribution is 2.31. The molecule has 110 valence electrons. The lowest BCUT2D eigenvalue weighted by Crippen LogP contribution is -2.41. The van der Waals surface area contributed by atoms with Crippen LogP contribution in [-0.4, -0.2) is 32.1 Å². The number of hydrogen-bond donors (Lipinski definition) is 1. The van der Waals surface area contributed by atoms with Gasteiger partial charge in [0.1, 0.15) is 11.8 Å². The predicted molar refractivity (Wildman–Crippen MR) is 73.3 cm³/mol. The zero-order valence-electron chi connectivity index (χ0n) is 11.4. The monoisotopic (exact) mass is 301 g/mol. The quantitative estimate of drug-likeness (QED) is 0.813. The van der Waals surface area contributed by atoms with Crippen LogP contribution in [0.25, 0.3) is 0 Å². The van der Waals surface area contributed by atoms with Gasteiger partial charge in [0, 0.05) is 13.3 Å². The van der Waals surface area contributed by atoms with Crippen molar-refractivity contribution in [2.75, 3.05) is 14.2 Å². The molecule has 1 aromatic carbocycles. The standard InChI is InChI=1S/C13H16FNO4S/c1-8(16)15-10(13(17)19-3)6-9-4-5-11(18-2)12(7-9)20-14/h4-5,7,10H,6H2,1-3H3,(H,15,16). The molecule has 0 heterocycles. The molecule has 5 nitrogen and oxygen atoms in total. The van der Waals surface area contributed by atoms with Crippen LogP contribution in [0.4, 0.5) is 3.89 Å². The molecule has 0 aliphatic rings. The molecule has 0 saturated heterocycles. The van der Waals surface area contributed by atoms with Crippen molar-refractivity contribution < 1.29 is 22.9 Å². The van der Waals surface area contributed by atoms with Gasteiger partial charge >= 0.3 is 5.97 Å². The molecule has 0 aliphatic heterocycles. The molecule has 1 unspecified atom stereocenters. The van der Waals surface area contributed by atoms with E-state index in [0.29, 0.717) is 16.2 Å². The van der Waals surface area contributed by atoms with Crippen molar-refractivity contribution in [2.45, 2.75) is 24.3 Å². The van der Waals surface area contributed by atoms with Crippen molar-refractivity contribution in [3.05, 3.63) is 23.8 Å². The van der Waals surface area contributed by atoms with Crippen LogP contribution in [0, 0.1) is 0 Å². The second kappa shape index (κ2) is 7.74. The number of carbonyl (C=O) groups is 2. The molecule has 0 fully saturated rings. The molecule has 0 radical (unpaired) electrons. The Balaban J connectivity index is 2.93. The summed E-state index contributed by atoms with van der Waals surface area (Å²) in [7, 11) is 2.69. The van der Waals surface area contributed by atoms with Gasteiger partial charge in [-0.3, -0.25) is 4.79 Å². The van der Waals surface area contributed by atoms with E-state index in [0.717, 1.165) is 0 Å². The van der Waals surface area contributed by atoms with E-state index in [1.165, 1.54) is 21.1 Å². The minimum atomic E-state index is -0.802. The molecule has 1 amide bonds. The van der Waals surface area contributed by atoms with E-state index in [1.54, 1.807) is 18.2 Å². The molecular weight excluding hydrogens is 285 g/mol. The fraction of sp³-hybridized carbons (Fsp3) is 0.385. The summed E-state index contributed by atoms with van der Waals surface area (Å²) in [6.45, 7) is 1.31. The summed E-state index contributed by atoms with van der Waals surface area (Å²) in [6, 6.07) is 4.08. The Bertz CT molecular complexity index is 495. The summed E-state index contributed by atoms with van der Waals surface area (Å²) in [5.74, 6) is -0.477. The maximum atomic E-state index is 12.8. The first-order valence-electron chi connectivity index (χ1n) is 5.82. The minimum absolute atomic E-state index is 0.0608. The third-order valence-electron chi connectivity index (χ3n) is 2.61. The summed E-state index contributed by atoms with van der Waals surface area (Å²) >= 11 is 0.0608. The Hall–Kier alpha value is -1.76. The lowest BCUT2D eigenvalue weighted by atomic mass is 10.1. The third-order valence-corrected chi connectivity index (χ3v) is 3.10. The zero-order chi connectivity index (χ0) is 15.1. The van der Waals surface area contributed by atoms with Crippen LogP contribution in [0.15, 0.2) is 23.1 Å². The normalized spacial score (nSPS) is 11.6. The van der Waals surface area contributed by atoms with Gasteiger partial charge in [-0.1, -0.05) is 6.07 Å². The highest BCUT2D eigenvalue weighted by molar-refractivity contribution is 7.94. The van der Waals surface area contributed by atoms with Gasteiger partial charge in [0.05, 0.1) is 31.3 Å². The van der Waals surface area contributed by atoms with Crippen LogP contribution in [0.3, 0.4) is 0 Å². The predicted octanol–water partition coefficient (Wildman–Crippen LogP) is 1.89. The molecule has 0 saturated carbocycles. The maximum absolute atomic E-state index is 12.8. The molecular formula is C13H16FNO4S. The summed E-state index contributed by atoms with van der Waals surface area (Å²) in [6.07, 6.45) is 0.212. The Labute approximate surface area is 121 Å². The van der Waals surface area contributed by atoms with Crippen LogP contribution in [-0.2, 0) is 20.7 Å². The van der Waals surface area contributed by atoms with E-state index in [1.807, 2.05) is 0 Å². The minimum Gasteiger partial charge on any atom is -0.495 e. The van der Waals surface area contributed by atoms with Crippen molar-refractivity contribution in [3.63, 3.8) is 0 Å². The number of hydrogen-bond acceptors (Lipinski definition) is 5. The molecule has 0 spiro atoms. The first-order chi connectivity index (χ1) is 9.51. The number of esters is 1. The Morgan fingerprint density at radius 1 is 1.40 bits per heavy atom. The van der Waals surface area contributed by atoms with Gasteiger partial charge in [-0.15, -0.1) is 0 Å². The summed E-state index contributed by atoms with van der Waals surface area (Å²) < 4.78 is 22.4. The van der Waals surface area contributed by atoms with Crippen molar-refractivity contribution in [1.82, 2.24) is 5.32 Å². The molecule has 0 bridgehead atoms. The summed E-state index contributed by atoms with van der Waals surface area (Å²) in [4.78, 5) is 23.0. The lowest BCUT2D eigenvalue weighted by molar-refractivity contribution is -0.144. The van der Waals surface area contributed by atoms with E-state index in [9.17, 15) is 13.5 Å². The van der Waals surface area contributed by atoms with Crippen molar-refractivity contribution in [1.29, 1.82) is 0 Å². The number of nitrogens with one attached hydrogen (secondary N) is 1. The smallest absolute Gasteiger partial charge is 0.328 e. The van der Waals surface area contributed by atoms with Crippen molar-refractivity contribution >= 4 is 24.0 Å². The van der Waals surface area contributed by atoms with Crippen LogP contribution < -0.4 is 10.1 Å². The number of amides is 1. The van der Waals surface area contributed by atoms with E-state index < -0.39 is 12.0 Å². The number of ether oxygens (including phenoxy) is 2. The maximum Gasteiger partial charge on any atom is 0.328 e. The second-order valence-electron chi connectivity index (χ2n) is 4.04. The van der Waals surface area contributed by atoms with Gasteiger partial charge in [0.15, 0.2) is 0 Å². The molecule has 1 rings (SSSR count). The largest absolute Gasteiger partial charge is 0.495 e. The highest BCUT2D eigenvalue weighted by Gasteiger charge is 2.21. The number of rotatable bonds is 6. The lowest BCUT2D eigenvalue weighted by Gasteiger charge is -2.16. The molecule has 0 aromatic heterocycles. The fourth-order valence-electron chi connectivity index (χ4n) is 1.72. The van der Waals surface area contributed by atoms with Crippen LogP contribution in [0.5, 0.6) is 5.75 Å². The van der Waals surface area contributed by atoms with Gasteiger partial charge < -0.3 is 14.8 Å². The summed E-state index contributed by atoms with van der Waals surface area (Å²) in [5.41, 5.74) is 0.690. The number of methoxy groups -OCH3 is 2. The van der Waals surface area contributed by atoms with Crippen LogP contribution >= 0.6 is 12.1 Å². The molecule has 20 heavy (non-hydrogen) atoms. The molecule has 1 aromatic rings. The molecule has 7 heteroatoms. The van der Waals surface area contributed by atoms with E-state index >= 15 is 0 Å². The number of halogens is 1. The van der Waals surface area contributed by atoms with E-state index in [-0.39, 0.29) is 24.5 Å². The third kappa shape index (κ3) is 4.41. The van der Waals surface area contributed by atoms with E-state index in [2.05, 4.69) is 10.1 Å². The SMILES string of the molecule is COC(=O)C(Cc1ccc(OC)c(SF)c1)NC(C)=O. The molecule has 1 atom stereocenters. The highest BCUT2D eigenvalue weighted by atomic mass is 32.2. The van der Waals surface area contributed by atoms with Gasteiger partial charge in [-0.05, 0) is 17.7 Å². The second-order valence-corrected chi connectivity index (χ2v) is 4.64. The first kappa shape index (κ1) is 16.3. The van der Waals surface area contributed by atoms with Gasteiger partial charge in [0.2, 0.25) is 5.91 Å². The number of benzene rings is 1. The Kier molecular flexibility index (Phi) is 6.30. The van der Waals surface area contributed by atoms with E-state index in [4.69, 9.17) is 4.74 Å². The average molecular weight is 301 g/mol. The fourth-order valence-corrected chi connectivity index (χ4v) is 2.15. The van der Waals surface area contributed by atoms with Crippen molar-refractivity contribution in [2.24, 2.45) is 0 Å².